The second-order valence-corrected chi connectivity index (χ2v) is 6.20. The van der Waals surface area contributed by atoms with Crippen LogP contribution in [-0.2, 0) is 6.54 Å². The molecule has 1 aliphatic rings. The van der Waals surface area contributed by atoms with Crippen LogP contribution in [0, 0.1) is 5.92 Å². The van der Waals surface area contributed by atoms with Crippen molar-refractivity contribution in [2.45, 2.75) is 32.4 Å². The third-order valence-electron chi connectivity index (χ3n) is 3.83. The average molecular weight is 302 g/mol. The lowest BCUT2D eigenvalue weighted by Crippen LogP contribution is -2.42. The summed E-state index contributed by atoms with van der Waals surface area (Å²) in [4.78, 5) is 14.4. The van der Waals surface area contributed by atoms with E-state index in [-0.39, 0.29) is 12.1 Å². The van der Waals surface area contributed by atoms with Gasteiger partial charge in [0.05, 0.1) is 0 Å². The molecule has 2 aromatic rings. The molecule has 1 heterocycles. The van der Waals surface area contributed by atoms with Crippen LogP contribution in [0.3, 0.4) is 0 Å². The normalized spacial score (nSPS) is 15.5. The molecule has 0 radical (unpaired) electrons. The maximum absolute atomic E-state index is 12.5. The number of carbonyl (C=O) groups excluding carboxylic acids is 1. The number of urea groups is 1. The van der Waals surface area contributed by atoms with Crippen molar-refractivity contribution in [2.24, 2.45) is 5.92 Å². The molecule has 6 heteroatoms. The molecule has 21 heavy (non-hydrogen) atoms. The van der Waals surface area contributed by atoms with Crippen LogP contribution < -0.4 is 5.32 Å². The van der Waals surface area contributed by atoms with Gasteiger partial charge in [-0.25, -0.2) is 4.79 Å². The van der Waals surface area contributed by atoms with E-state index in [1.54, 1.807) is 5.51 Å². The van der Waals surface area contributed by atoms with Crippen LogP contribution in [0.15, 0.2) is 35.8 Å². The topological polar surface area (TPSA) is 58.1 Å². The van der Waals surface area contributed by atoms with Gasteiger partial charge in [0.15, 0.2) is 0 Å². The van der Waals surface area contributed by atoms with Crippen LogP contribution in [0.5, 0.6) is 0 Å². The molecule has 0 aliphatic heterocycles. The number of nitrogens with zero attached hydrogens (tertiary/aromatic N) is 3. The van der Waals surface area contributed by atoms with Crippen LogP contribution >= 0.6 is 11.3 Å². The van der Waals surface area contributed by atoms with Gasteiger partial charge in [-0.1, -0.05) is 41.7 Å². The highest BCUT2D eigenvalue weighted by molar-refractivity contribution is 7.13. The van der Waals surface area contributed by atoms with Crippen LogP contribution in [0.25, 0.3) is 0 Å². The maximum atomic E-state index is 12.5. The van der Waals surface area contributed by atoms with E-state index in [4.69, 9.17) is 0 Å². The van der Waals surface area contributed by atoms with Crippen molar-refractivity contribution in [1.29, 1.82) is 0 Å². The van der Waals surface area contributed by atoms with Crippen molar-refractivity contribution in [3.63, 3.8) is 0 Å². The molecule has 0 bridgehead atoms. The molecular weight excluding hydrogens is 284 g/mol. The quantitative estimate of drug-likeness (QED) is 0.921. The van der Waals surface area contributed by atoms with E-state index in [0.717, 1.165) is 5.56 Å². The summed E-state index contributed by atoms with van der Waals surface area (Å²) in [6, 6.07) is 10.2. The van der Waals surface area contributed by atoms with E-state index in [9.17, 15) is 4.79 Å². The van der Waals surface area contributed by atoms with Gasteiger partial charge >= 0.3 is 6.03 Å². The van der Waals surface area contributed by atoms with Gasteiger partial charge in [-0.15, -0.1) is 10.2 Å². The third kappa shape index (κ3) is 3.58. The molecule has 1 aliphatic carbocycles. The zero-order chi connectivity index (χ0) is 14.7. The number of nitrogens with one attached hydrogen (secondary N) is 1. The fourth-order valence-electron chi connectivity index (χ4n) is 2.40. The number of anilines is 1. The minimum absolute atomic E-state index is 0.102. The van der Waals surface area contributed by atoms with Crippen LogP contribution in [-0.4, -0.2) is 27.2 Å². The molecule has 1 unspecified atom stereocenters. The van der Waals surface area contributed by atoms with Crippen molar-refractivity contribution in [2.75, 3.05) is 5.32 Å². The molecule has 3 rings (SSSR count). The summed E-state index contributed by atoms with van der Waals surface area (Å²) in [6.45, 7) is 2.74. The Labute approximate surface area is 128 Å². The Hall–Kier alpha value is -1.95. The number of rotatable bonds is 5. The molecule has 1 saturated carbocycles. The van der Waals surface area contributed by atoms with E-state index in [1.165, 1.54) is 24.2 Å². The summed E-state index contributed by atoms with van der Waals surface area (Å²) in [5, 5.41) is 11.0. The van der Waals surface area contributed by atoms with E-state index < -0.39 is 0 Å². The predicted molar refractivity (Wildman–Crippen MR) is 83.1 cm³/mol. The molecule has 0 spiro atoms. The van der Waals surface area contributed by atoms with Crippen LogP contribution in [0.2, 0.25) is 0 Å². The Kier molecular flexibility index (Phi) is 4.15. The van der Waals surface area contributed by atoms with E-state index in [2.05, 4.69) is 22.4 Å². The Morgan fingerprint density at radius 3 is 2.81 bits per heavy atom. The highest BCUT2D eigenvalue weighted by Crippen LogP contribution is 2.36. The monoisotopic (exact) mass is 302 g/mol. The van der Waals surface area contributed by atoms with Gasteiger partial charge in [0.1, 0.15) is 5.51 Å². The highest BCUT2D eigenvalue weighted by Gasteiger charge is 2.34. The molecule has 1 aromatic heterocycles. The van der Waals surface area contributed by atoms with Gasteiger partial charge in [0, 0.05) is 12.6 Å². The molecule has 110 valence electrons. The van der Waals surface area contributed by atoms with Gasteiger partial charge in [-0.3, -0.25) is 5.32 Å². The van der Waals surface area contributed by atoms with Crippen molar-refractivity contribution >= 4 is 22.5 Å². The summed E-state index contributed by atoms with van der Waals surface area (Å²) in [5.74, 6) is 0.619. The Morgan fingerprint density at radius 2 is 2.19 bits per heavy atom. The number of hydrogen-bond acceptors (Lipinski definition) is 4. The lowest BCUT2D eigenvalue weighted by atomic mass is 10.1. The summed E-state index contributed by atoms with van der Waals surface area (Å²) < 4.78 is 0. The number of amides is 2. The Bertz CT molecular complexity index is 583. The second kappa shape index (κ2) is 6.22. The Balaban J connectivity index is 1.73. The standard InChI is InChI=1S/C15H18N4OS/c1-11(13-7-8-13)19(9-12-5-3-2-4-6-12)15(20)17-14-18-16-10-21-14/h2-6,10-11,13H,7-9H2,1H3,(H,17,18,20). The number of carbonyl (C=O) groups is 1. The fourth-order valence-corrected chi connectivity index (χ4v) is 2.84. The van der Waals surface area contributed by atoms with Crippen molar-refractivity contribution in [3.05, 3.63) is 41.4 Å². The third-order valence-corrected chi connectivity index (χ3v) is 4.43. The summed E-state index contributed by atoms with van der Waals surface area (Å²) in [7, 11) is 0. The van der Waals surface area contributed by atoms with Crippen molar-refractivity contribution < 1.29 is 4.79 Å². The van der Waals surface area contributed by atoms with E-state index in [0.29, 0.717) is 17.6 Å². The molecule has 2 amide bonds. The van der Waals surface area contributed by atoms with Crippen LogP contribution in [0.1, 0.15) is 25.3 Å². The summed E-state index contributed by atoms with van der Waals surface area (Å²) in [6.07, 6.45) is 2.41. The zero-order valence-corrected chi connectivity index (χ0v) is 12.7. The first-order chi connectivity index (χ1) is 10.2. The maximum Gasteiger partial charge on any atom is 0.324 e. The van der Waals surface area contributed by atoms with Crippen LogP contribution in [0.4, 0.5) is 9.93 Å². The Morgan fingerprint density at radius 1 is 1.43 bits per heavy atom. The van der Waals surface area contributed by atoms with E-state index >= 15 is 0 Å². The molecule has 1 fully saturated rings. The second-order valence-electron chi connectivity index (χ2n) is 5.37. The van der Waals surface area contributed by atoms with Gasteiger partial charge < -0.3 is 4.90 Å². The minimum atomic E-state index is -0.102. The first-order valence-corrected chi connectivity index (χ1v) is 7.99. The minimum Gasteiger partial charge on any atom is -0.317 e. The number of aromatic nitrogens is 2. The van der Waals surface area contributed by atoms with Crippen molar-refractivity contribution in [3.8, 4) is 0 Å². The smallest absolute Gasteiger partial charge is 0.317 e. The zero-order valence-electron chi connectivity index (χ0n) is 11.9. The SMILES string of the molecule is CC(C1CC1)N(Cc1ccccc1)C(=O)Nc1nncs1. The summed E-state index contributed by atoms with van der Waals surface area (Å²) in [5.41, 5.74) is 2.75. The van der Waals surface area contributed by atoms with Crippen molar-refractivity contribution in [1.82, 2.24) is 15.1 Å². The highest BCUT2D eigenvalue weighted by atomic mass is 32.1. The molecule has 0 saturated heterocycles. The molecule has 1 N–H and O–H groups in total. The number of hydrogen-bond donors (Lipinski definition) is 1. The van der Waals surface area contributed by atoms with Gasteiger partial charge in [0.25, 0.3) is 0 Å². The van der Waals surface area contributed by atoms with E-state index in [1.807, 2.05) is 35.2 Å². The fraction of sp³-hybridized carbons (Fsp3) is 0.400. The first-order valence-electron chi connectivity index (χ1n) is 7.12. The molecular formula is C15H18N4OS. The summed E-state index contributed by atoms with van der Waals surface area (Å²) >= 11 is 1.33. The molecule has 1 aromatic carbocycles. The molecule has 1 atom stereocenters. The largest absolute Gasteiger partial charge is 0.324 e. The average Bonchev–Trinajstić information content (AvgIpc) is 3.23. The van der Waals surface area contributed by atoms with Gasteiger partial charge in [-0.05, 0) is 31.2 Å². The number of benzene rings is 1. The lowest BCUT2D eigenvalue weighted by molar-refractivity contribution is 0.180. The lowest BCUT2D eigenvalue weighted by Gasteiger charge is -2.29. The predicted octanol–water partition coefficient (Wildman–Crippen LogP) is 3.37. The van der Waals surface area contributed by atoms with Gasteiger partial charge in [-0.2, -0.15) is 0 Å². The van der Waals surface area contributed by atoms with Gasteiger partial charge in [0.2, 0.25) is 5.13 Å². The molecule has 5 nitrogen and oxygen atoms in total. The first kappa shape index (κ1) is 14.0.